The molecule has 0 aromatic carbocycles. The second-order valence-electron chi connectivity index (χ2n) is 2.36. The second kappa shape index (κ2) is 10.4. The van der Waals surface area contributed by atoms with E-state index in [0.717, 1.165) is 10.7 Å². The molecule has 0 spiro atoms. The van der Waals surface area contributed by atoms with Gasteiger partial charge >= 0.3 is 0 Å². The molecule has 0 saturated heterocycles. The topological polar surface area (TPSA) is 18.5 Å². The van der Waals surface area contributed by atoms with Gasteiger partial charge in [-0.05, 0) is 0 Å². The van der Waals surface area contributed by atoms with E-state index < -0.39 is 0 Å². The van der Waals surface area contributed by atoms with E-state index in [0.29, 0.717) is 29.7 Å². The van der Waals surface area contributed by atoms with Crippen LogP contribution in [-0.4, -0.2) is 40.3 Å². The average Bonchev–Trinajstić information content (AvgIpc) is 2.16. The lowest BCUT2D eigenvalue weighted by molar-refractivity contribution is -0.0498. The Hall–Kier alpha value is 1.84. The maximum absolute atomic E-state index is 5.25. The summed E-state index contributed by atoms with van der Waals surface area (Å²) in [6, 6.07) is 0. The normalized spacial score (nSPS) is 15.7. The third-order valence-corrected chi connectivity index (χ3v) is 5.58. The van der Waals surface area contributed by atoms with Gasteiger partial charge in [0.05, 0.1) is 13.2 Å². The van der Waals surface area contributed by atoms with Crippen LogP contribution >= 0.6 is 63.7 Å². The number of rotatable bonds is 8. The molecule has 0 heterocycles. The van der Waals surface area contributed by atoms with Crippen LogP contribution in [0.3, 0.4) is 0 Å². The summed E-state index contributed by atoms with van der Waals surface area (Å²) in [5.41, 5.74) is 0. The molecule has 6 heteroatoms. The molecule has 2 nitrogen and oxygen atoms in total. The molecule has 0 bridgehead atoms. The van der Waals surface area contributed by atoms with Crippen LogP contribution in [0.2, 0.25) is 0 Å². The number of hydrogen-bond acceptors (Lipinski definition) is 2. The molecule has 0 aromatic rings. The summed E-state index contributed by atoms with van der Waals surface area (Å²) < 4.78 is 10.5. The molecule has 0 unspecified atom stereocenters. The maximum atomic E-state index is 5.25. The zero-order chi connectivity index (χ0) is 10.1. The summed E-state index contributed by atoms with van der Waals surface area (Å²) in [7, 11) is 0. The van der Waals surface area contributed by atoms with Gasteiger partial charge in [0.25, 0.3) is 0 Å². The first-order valence-electron chi connectivity index (χ1n) is 3.76. The van der Waals surface area contributed by atoms with Crippen molar-refractivity contribution in [1.29, 1.82) is 0 Å². The minimum Gasteiger partial charge on any atom is -0.354 e. The Morgan fingerprint density at radius 1 is 0.846 bits per heavy atom. The second-order valence-corrected chi connectivity index (χ2v) is 6.25. The lowest BCUT2D eigenvalue weighted by Crippen LogP contribution is -2.15. The van der Waals surface area contributed by atoms with E-state index in [4.69, 9.17) is 9.47 Å². The van der Waals surface area contributed by atoms with Gasteiger partial charge in [-0.15, -0.1) is 0 Å². The van der Waals surface area contributed by atoms with Crippen LogP contribution in [0.15, 0.2) is 0 Å². The van der Waals surface area contributed by atoms with Gasteiger partial charge in [-0.3, -0.25) is 0 Å². The van der Waals surface area contributed by atoms with Gasteiger partial charge in [0.2, 0.25) is 0 Å². The van der Waals surface area contributed by atoms with Gasteiger partial charge in [0.15, 0.2) is 0 Å². The molecular formula is C7H12Br4O2. The van der Waals surface area contributed by atoms with Crippen LogP contribution in [0.4, 0.5) is 0 Å². The van der Waals surface area contributed by atoms with E-state index in [1.165, 1.54) is 0 Å². The van der Waals surface area contributed by atoms with E-state index >= 15 is 0 Å². The third kappa shape index (κ3) is 10.1. The molecule has 2 atom stereocenters. The molecule has 0 aliphatic carbocycles. The summed E-state index contributed by atoms with van der Waals surface area (Å²) in [4.78, 5) is 0.707. The van der Waals surface area contributed by atoms with E-state index in [1.807, 2.05) is 0 Å². The fourth-order valence-electron chi connectivity index (χ4n) is 0.500. The molecule has 0 rings (SSSR count). The van der Waals surface area contributed by atoms with E-state index in [9.17, 15) is 0 Å². The summed E-state index contributed by atoms with van der Waals surface area (Å²) in [6.45, 7) is 1.67. The summed E-state index contributed by atoms with van der Waals surface area (Å²) >= 11 is 13.5. The van der Waals surface area contributed by atoms with Crippen molar-refractivity contribution in [3.05, 3.63) is 0 Å². The van der Waals surface area contributed by atoms with Gasteiger partial charge in [0, 0.05) is 20.3 Å². The quantitative estimate of drug-likeness (QED) is 0.323. The van der Waals surface area contributed by atoms with Crippen molar-refractivity contribution in [2.75, 3.05) is 30.7 Å². The number of halogens is 4. The summed E-state index contributed by atoms with van der Waals surface area (Å²) in [5.74, 6) is 0. The number of ether oxygens (including phenoxy) is 2. The predicted molar refractivity (Wildman–Crippen MR) is 69.8 cm³/mol. The lowest BCUT2D eigenvalue weighted by atomic mass is 10.5. The Bertz CT molecular complexity index is 103. The highest BCUT2D eigenvalue weighted by atomic mass is 79.9. The molecule has 0 N–H and O–H groups in total. The standard InChI is InChI=1S/C7H12Br4O2/c8-1-6(10)3-12-5-13-4-7(11)2-9/h6-7H,1-5H2/t6-,7-/m0/s1. The van der Waals surface area contributed by atoms with Gasteiger partial charge in [0.1, 0.15) is 6.79 Å². The van der Waals surface area contributed by atoms with Gasteiger partial charge in [-0.25, -0.2) is 0 Å². The Labute approximate surface area is 113 Å². The van der Waals surface area contributed by atoms with Crippen molar-refractivity contribution >= 4 is 63.7 Å². The number of alkyl halides is 4. The van der Waals surface area contributed by atoms with E-state index in [2.05, 4.69) is 63.7 Å². The highest BCUT2D eigenvalue weighted by Gasteiger charge is 2.03. The first-order valence-corrected chi connectivity index (χ1v) is 7.83. The molecule has 0 amide bonds. The first-order chi connectivity index (χ1) is 6.20. The van der Waals surface area contributed by atoms with Crippen LogP contribution in [0.5, 0.6) is 0 Å². The molecular weight excluding hydrogens is 436 g/mol. The Kier molecular flexibility index (Phi) is 11.8. The SMILES string of the molecule is BrC[C@H](Br)COCOC[C@@H](Br)CBr. The van der Waals surface area contributed by atoms with Crippen molar-refractivity contribution < 1.29 is 9.47 Å². The molecule has 0 saturated carbocycles. The molecule has 0 aromatic heterocycles. The zero-order valence-electron chi connectivity index (χ0n) is 7.02. The van der Waals surface area contributed by atoms with Gasteiger partial charge < -0.3 is 9.47 Å². The Balaban J connectivity index is 3.08. The van der Waals surface area contributed by atoms with Crippen LogP contribution in [0, 0.1) is 0 Å². The summed E-state index contributed by atoms with van der Waals surface area (Å²) in [5, 5.41) is 1.77. The van der Waals surface area contributed by atoms with Crippen LogP contribution in [0.25, 0.3) is 0 Å². The maximum Gasteiger partial charge on any atom is 0.146 e. The van der Waals surface area contributed by atoms with Crippen LogP contribution in [0.1, 0.15) is 0 Å². The number of hydrogen-bond donors (Lipinski definition) is 0. The lowest BCUT2D eigenvalue weighted by Gasteiger charge is -2.09. The highest BCUT2D eigenvalue weighted by Crippen LogP contribution is 2.05. The van der Waals surface area contributed by atoms with Crippen molar-refractivity contribution in [1.82, 2.24) is 0 Å². The molecule has 0 fully saturated rings. The molecule has 80 valence electrons. The fraction of sp³-hybridized carbons (Fsp3) is 1.00. The van der Waals surface area contributed by atoms with Crippen LogP contribution < -0.4 is 0 Å². The summed E-state index contributed by atoms with van der Waals surface area (Å²) in [6.07, 6.45) is 0. The van der Waals surface area contributed by atoms with E-state index in [-0.39, 0.29) is 0 Å². The first kappa shape index (κ1) is 14.8. The largest absolute Gasteiger partial charge is 0.354 e. The Morgan fingerprint density at radius 2 is 1.23 bits per heavy atom. The van der Waals surface area contributed by atoms with Gasteiger partial charge in [-0.2, -0.15) is 0 Å². The Morgan fingerprint density at radius 3 is 1.54 bits per heavy atom. The van der Waals surface area contributed by atoms with Crippen molar-refractivity contribution in [3.63, 3.8) is 0 Å². The molecule has 13 heavy (non-hydrogen) atoms. The van der Waals surface area contributed by atoms with Crippen molar-refractivity contribution in [2.45, 2.75) is 9.65 Å². The molecule has 0 aliphatic rings. The average molecular weight is 448 g/mol. The van der Waals surface area contributed by atoms with Crippen molar-refractivity contribution in [3.8, 4) is 0 Å². The highest BCUT2D eigenvalue weighted by molar-refractivity contribution is 9.12. The minimum absolute atomic E-state index is 0.351. The predicted octanol–water partition coefficient (Wildman–Crippen LogP) is 3.29. The smallest absolute Gasteiger partial charge is 0.146 e. The monoisotopic (exact) mass is 444 g/mol. The van der Waals surface area contributed by atoms with Crippen molar-refractivity contribution in [2.24, 2.45) is 0 Å². The van der Waals surface area contributed by atoms with Gasteiger partial charge in [-0.1, -0.05) is 63.7 Å². The van der Waals surface area contributed by atoms with E-state index in [1.54, 1.807) is 0 Å². The fourth-order valence-corrected chi connectivity index (χ4v) is 1.25. The van der Waals surface area contributed by atoms with Crippen LogP contribution in [-0.2, 0) is 9.47 Å². The molecule has 0 aliphatic heterocycles. The third-order valence-electron chi connectivity index (χ3n) is 1.10. The minimum atomic E-state index is 0.351. The molecule has 0 radical (unpaired) electrons. The zero-order valence-corrected chi connectivity index (χ0v) is 13.4.